The molecule has 1 aromatic heterocycles. The van der Waals surface area contributed by atoms with Crippen LogP contribution in [0.4, 0.5) is 0 Å². The Kier molecular flexibility index (Phi) is 8.69. The Labute approximate surface area is 367 Å². The molecule has 2 aliphatic carbocycles. The monoisotopic (exact) mass is 804 g/mol. The van der Waals surface area contributed by atoms with Gasteiger partial charge in [0.05, 0.1) is 5.41 Å². The quantitative estimate of drug-likeness (QED) is 0.141. The highest BCUT2D eigenvalue weighted by molar-refractivity contribution is 7.19. The van der Waals surface area contributed by atoms with E-state index in [0.717, 1.165) is 5.56 Å². The van der Waals surface area contributed by atoms with E-state index in [1.54, 1.807) is 0 Å². The lowest BCUT2D eigenvalue weighted by atomic mass is 9.70. The summed E-state index contributed by atoms with van der Waals surface area (Å²) in [7, 11) is 0. The van der Waals surface area contributed by atoms with Crippen molar-refractivity contribution < 1.29 is 0 Å². The van der Waals surface area contributed by atoms with E-state index in [2.05, 4.69) is 243 Å². The van der Waals surface area contributed by atoms with Gasteiger partial charge in [0, 0.05) is 15.3 Å². The highest BCUT2D eigenvalue weighted by atomic mass is 32.1. The van der Waals surface area contributed by atoms with Crippen molar-refractivity contribution in [2.75, 3.05) is 0 Å². The molecule has 12 rings (SSSR count). The molecule has 9 aromatic carbocycles. The Hall–Kier alpha value is -7.58. The largest absolute Gasteiger partial charge is 0.134 e. The van der Waals surface area contributed by atoms with Crippen molar-refractivity contribution in [3.8, 4) is 65.4 Å². The lowest BCUT2D eigenvalue weighted by molar-refractivity contribution is 0.798. The van der Waals surface area contributed by atoms with Gasteiger partial charge in [0.1, 0.15) is 0 Å². The summed E-state index contributed by atoms with van der Waals surface area (Å²) in [5, 5.41) is 0. The minimum atomic E-state index is -0.429. The maximum atomic E-state index is 2.38. The SMILES string of the molecule is C(=C(c1ccc(-c2ccccc2)cc1)c1ccc(-c2ccccc2)cc1)c1ccc(-c2sc(-c3ccccc3)c3c2C2(c4ccccc4-c4ccccc42)c2ccccc2-3)cc1. The van der Waals surface area contributed by atoms with Crippen molar-refractivity contribution in [1.29, 1.82) is 0 Å². The first-order valence-electron chi connectivity index (χ1n) is 21.4. The maximum absolute atomic E-state index is 2.38. The van der Waals surface area contributed by atoms with Crippen LogP contribution in [0.15, 0.2) is 237 Å². The van der Waals surface area contributed by atoms with Gasteiger partial charge in [-0.2, -0.15) is 0 Å². The van der Waals surface area contributed by atoms with E-state index >= 15 is 0 Å². The Morgan fingerprint density at radius 3 is 1.19 bits per heavy atom. The molecule has 1 heterocycles. The Morgan fingerprint density at radius 1 is 0.323 bits per heavy atom. The van der Waals surface area contributed by atoms with E-state index in [4.69, 9.17) is 0 Å². The molecule has 0 nitrogen and oxygen atoms in total. The summed E-state index contributed by atoms with van der Waals surface area (Å²) in [6.07, 6.45) is 2.36. The van der Waals surface area contributed by atoms with Crippen molar-refractivity contribution in [1.82, 2.24) is 0 Å². The minimum absolute atomic E-state index is 0.429. The first kappa shape index (κ1) is 36.3. The molecule has 0 bridgehead atoms. The van der Waals surface area contributed by atoms with Gasteiger partial charge in [-0.25, -0.2) is 0 Å². The lowest BCUT2D eigenvalue weighted by Crippen LogP contribution is -2.26. The predicted octanol–water partition coefficient (Wildman–Crippen LogP) is 16.3. The summed E-state index contributed by atoms with van der Waals surface area (Å²) in [5.41, 5.74) is 22.5. The van der Waals surface area contributed by atoms with Crippen LogP contribution in [0.2, 0.25) is 0 Å². The second-order valence-electron chi connectivity index (χ2n) is 16.3. The third kappa shape index (κ3) is 5.74. The third-order valence-electron chi connectivity index (χ3n) is 13.0. The Balaban J connectivity index is 1.02. The van der Waals surface area contributed by atoms with Gasteiger partial charge in [0.25, 0.3) is 0 Å². The van der Waals surface area contributed by atoms with Gasteiger partial charge < -0.3 is 0 Å². The fourth-order valence-corrected chi connectivity index (χ4v) is 11.6. The van der Waals surface area contributed by atoms with Crippen LogP contribution >= 0.6 is 11.3 Å². The molecule has 1 heteroatoms. The molecule has 1 spiro atoms. The molecule has 0 unspecified atom stereocenters. The molecule has 62 heavy (non-hydrogen) atoms. The maximum Gasteiger partial charge on any atom is 0.0740 e. The van der Waals surface area contributed by atoms with E-state index in [1.807, 2.05) is 11.3 Å². The molecule has 0 saturated carbocycles. The minimum Gasteiger partial charge on any atom is -0.134 e. The van der Waals surface area contributed by atoms with Crippen LogP contribution in [-0.4, -0.2) is 0 Å². The molecule has 2 aliphatic rings. The fraction of sp³-hybridized carbons (Fsp3) is 0.0164. The predicted molar refractivity (Wildman–Crippen MR) is 262 cm³/mol. The van der Waals surface area contributed by atoms with Crippen molar-refractivity contribution >= 4 is 23.0 Å². The summed E-state index contributed by atoms with van der Waals surface area (Å²) in [4.78, 5) is 2.65. The Morgan fingerprint density at radius 2 is 0.694 bits per heavy atom. The zero-order valence-corrected chi connectivity index (χ0v) is 34.8. The molecular weight excluding hydrogens is 765 g/mol. The lowest BCUT2D eigenvalue weighted by Gasteiger charge is -2.31. The number of fused-ring (bicyclic) bond motifs is 10. The van der Waals surface area contributed by atoms with E-state index in [0.29, 0.717) is 0 Å². The van der Waals surface area contributed by atoms with Gasteiger partial charge in [-0.3, -0.25) is 0 Å². The standard InChI is InChI=1S/C61H40S/c1-4-16-42(17-5-1)44-32-36-46(37-33-44)53(47-38-34-45(35-39-47)43-18-6-2-7-19-43)40-41-28-30-49(31-29-41)60-58-57(59(62-60)48-20-8-3-9-21-48)52-24-12-15-27-56(52)61(58)54-25-13-10-22-50(54)51-23-11-14-26-55(51)61/h1-40H. The summed E-state index contributed by atoms with van der Waals surface area (Å²) < 4.78 is 0. The first-order valence-corrected chi connectivity index (χ1v) is 22.2. The van der Waals surface area contributed by atoms with Crippen molar-refractivity contribution in [3.05, 3.63) is 276 Å². The molecule has 0 saturated heterocycles. The molecule has 0 aliphatic heterocycles. The third-order valence-corrected chi connectivity index (χ3v) is 14.2. The van der Waals surface area contributed by atoms with Crippen molar-refractivity contribution in [2.45, 2.75) is 5.41 Å². The van der Waals surface area contributed by atoms with E-state index in [9.17, 15) is 0 Å². The average molecular weight is 805 g/mol. The van der Waals surface area contributed by atoms with Crippen LogP contribution in [0.3, 0.4) is 0 Å². The molecule has 0 radical (unpaired) electrons. The normalized spacial score (nSPS) is 12.6. The number of hydrogen-bond donors (Lipinski definition) is 0. The second-order valence-corrected chi connectivity index (χ2v) is 17.4. The molecule has 0 amide bonds. The Bertz CT molecular complexity index is 3150. The highest BCUT2D eigenvalue weighted by Gasteiger charge is 2.54. The molecule has 0 fully saturated rings. The van der Waals surface area contributed by atoms with Gasteiger partial charge in [0.2, 0.25) is 0 Å². The van der Waals surface area contributed by atoms with Gasteiger partial charge >= 0.3 is 0 Å². The number of benzene rings is 9. The molecule has 0 atom stereocenters. The smallest absolute Gasteiger partial charge is 0.0740 e. The first-order chi connectivity index (χ1) is 30.8. The van der Waals surface area contributed by atoms with Gasteiger partial charge in [-0.05, 0) is 101 Å². The van der Waals surface area contributed by atoms with E-state index in [1.165, 1.54) is 104 Å². The summed E-state index contributed by atoms with van der Waals surface area (Å²) in [6.45, 7) is 0. The average Bonchev–Trinajstić information content (AvgIpc) is 3.99. The van der Waals surface area contributed by atoms with Crippen LogP contribution < -0.4 is 0 Å². The van der Waals surface area contributed by atoms with Gasteiger partial charge in [-0.15, -0.1) is 11.3 Å². The van der Waals surface area contributed by atoms with Crippen molar-refractivity contribution in [2.24, 2.45) is 0 Å². The molecule has 290 valence electrons. The summed E-state index contributed by atoms with van der Waals surface area (Å²) in [5.74, 6) is 0. The molecular formula is C61H40S. The van der Waals surface area contributed by atoms with Gasteiger partial charge in [-0.1, -0.05) is 237 Å². The second kappa shape index (κ2) is 14.9. The zero-order chi connectivity index (χ0) is 41.0. The summed E-state index contributed by atoms with van der Waals surface area (Å²) in [6, 6.07) is 87.0. The van der Waals surface area contributed by atoms with Gasteiger partial charge in [0.15, 0.2) is 0 Å². The topological polar surface area (TPSA) is 0 Å². The van der Waals surface area contributed by atoms with E-state index < -0.39 is 5.41 Å². The van der Waals surface area contributed by atoms with E-state index in [-0.39, 0.29) is 0 Å². The summed E-state index contributed by atoms with van der Waals surface area (Å²) >= 11 is 1.94. The van der Waals surface area contributed by atoms with Crippen LogP contribution in [0.1, 0.15) is 38.9 Å². The molecule has 0 N–H and O–H groups in total. The van der Waals surface area contributed by atoms with Crippen LogP contribution in [0, 0.1) is 0 Å². The fourth-order valence-electron chi connectivity index (χ4n) is 10.2. The number of rotatable bonds is 7. The number of hydrogen-bond acceptors (Lipinski definition) is 1. The molecule has 10 aromatic rings. The van der Waals surface area contributed by atoms with Crippen LogP contribution in [0.5, 0.6) is 0 Å². The zero-order valence-electron chi connectivity index (χ0n) is 34.0. The highest BCUT2D eigenvalue weighted by Crippen LogP contribution is 2.67. The number of thiophene rings is 1. The van der Waals surface area contributed by atoms with Crippen molar-refractivity contribution in [3.63, 3.8) is 0 Å². The van der Waals surface area contributed by atoms with Crippen LogP contribution in [0.25, 0.3) is 77.0 Å². The van der Waals surface area contributed by atoms with Crippen LogP contribution in [-0.2, 0) is 5.41 Å².